The monoisotopic (exact) mass is 286 g/mol. The highest BCUT2D eigenvalue weighted by Gasteiger charge is 2.19. The van der Waals surface area contributed by atoms with Gasteiger partial charge in [0.25, 0.3) is 0 Å². The lowest BCUT2D eigenvalue weighted by molar-refractivity contribution is 0.248. The zero-order chi connectivity index (χ0) is 13.0. The Hall–Kier alpha value is -0.970. The third-order valence-corrected chi connectivity index (χ3v) is 3.54. The molecule has 1 aliphatic rings. The van der Waals surface area contributed by atoms with Crippen molar-refractivity contribution in [2.24, 2.45) is 0 Å². The van der Waals surface area contributed by atoms with E-state index < -0.39 is 0 Å². The second kappa shape index (κ2) is 7.58. The summed E-state index contributed by atoms with van der Waals surface area (Å²) < 4.78 is 10.6. The Kier molecular flexibility index (Phi) is 6.42. The van der Waals surface area contributed by atoms with Crippen molar-refractivity contribution in [3.8, 4) is 11.5 Å². The maximum Gasteiger partial charge on any atom is 0.161 e. The van der Waals surface area contributed by atoms with E-state index in [0.717, 1.165) is 31.1 Å². The average Bonchev–Trinajstić information content (AvgIpc) is 2.92. The molecule has 1 aliphatic heterocycles. The van der Waals surface area contributed by atoms with Crippen LogP contribution < -0.4 is 14.8 Å². The van der Waals surface area contributed by atoms with Crippen LogP contribution >= 0.6 is 12.4 Å². The van der Waals surface area contributed by atoms with Gasteiger partial charge in [-0.05, 0) is 37.7 Å². The van der Waals surface area contributed by atoms with E-state index in [1.165, 1.54) is 12.0 Å². The Morgan fingerprint density at radius 3 is 2.58 bits per heavy atom. The van der Waals surface area contributed by atoms with Crippen molar-refractivity contribution in [2.75, 3.05) is 34.4 Å². The lowest BCUT2D eigenvalue weighted by Gasteiger charge is -2.23. The van der Waals surface area contributed by atoms with E-state index >= 15 is 0 Å². The molecule has 0 bridgehead atoms. The molecule has 1 fully saturated rings. The molecule has 0 saturated carbocycles. The van der Waals surface area contributed by atoms with Crippen molar-refractivity contribution in [1.82, 2.24) is 10.2 Å². The molecule has 1 aromatic rings. The van der Waals surface area contributed by atoms with Gasteiger partial charge in [-0.1, -0.05) is 6.07 Å². The van der Waals surface area contributed by atoms with Gasteiger partial charge in [-0.25, -0.2) is 0 Å². The summed E-state index contributed by atoms with van der Waals surface area (Å²) in [6.07, 6.45) is 1.23. The molecule has 108 valence electrons. The second-order valence-electron chi connectivity index (χ2n) is 4.75. The molecule has 1 N–H and O–H groups in total. The number of likely N-dealkylation sites (N-methyl/N-ethyl adjacent to an activating group) is 1. The molecule has 0 aliphatic carbocycles. The maximum absolute atomic E-state index is 5.33. The molecule has 19 heavy (non-hydrogen) atoms. The van der Waals surface area contributed by atoms with Crippen LogP contribution in [-0.4, -0.2) is 45.3 Å². The highest BCUT2D eigenvalue weighted by atomic mass is 35.5. The molecule has 1 saturated heterocycles. The molecule has 0 aromatic heterocycles. The predicted octanol–water partition coefficient (Wildman–Crippen LogP) is 1.92. The summed E-state index contributed by atoms with van der Waals surface area (Å²) in [7, 11) is 5.51. The normalized spacial score (nSPS) is 18.2. The molecule has 1 heterocycles. The van der Waals surface area contributed by atoms with Crippen molar-refractivity contribution in [1.29, 1.82) is 0 Å². The zero-order valence-corrected chi connectivity index (χ0v) is 12.6. The molecular formula is C14H23ClN2O2. The first kappa shape index (κ1) is 16.1. The number of hydrogen-bond acceptors (Lipinski definition) is 4. The van der Waals surface area contributed by atoms with Gasteiger partial charge in [-0.3, -0.25) is 4.90 Å². The van der Waals surface area contributed by atoms with Crippen molar-refractivity contribution < 1.29 is 9.47 Å². The minimum absolute atomic E-state index is 0. The van der Waals surface area contributed by atoms with Crippen molar-refractivity contribution in [3.63, 3.8) is 0 Å². The van der Waals surface area contributed by atoms with E-state index in [-0.39, 0.29) is 12.4 Å². The van der Waals surface area contributed by atoms with Gasteiger partial charge in [0.05, 0.1) is 14.2 Å². The summed E-state index contributed by atoms with van der Waals surface area (Å²) in [5, 5.41) is 3.39. The smallest absolute Gasteiger partial charge is 0.161 e. The Morgan fingerprint density at radius 1 is 1.26 bits per heavy atom. The van der Waals surface area contributed by atoms with Gasteiger partial charge in [0.15, 0.2) is 11.5 Å². The minimum atomic E-state index is 0. The van der Waals surface area contributed by atoms with Crippen molar-refractivity contribution in [2.45, 2.75) is 19.0 Å². The fourth-order valence-electron chi connectivity index (χ4n) is 2.41. The first-order valence-corrected chi connectivity index (χ1v) is 6.36. The van der Waals surface area contributed by atoms with E-state index in [2.05, 4.69) is 29.4 Å². The summed E-state index contributed by atoms with van der Waals surface area (Å²) in [4.78, 5) is 2.39. The van der Waals surface area contributed by atoms with Crippen LogP contribution in [0.25, 0.3) is 0 Å². The lowest BCUT2D eigenvalue weighted by Crippen LogP contribution is -2.32. The number of nitrogens with zero attached hydrogens (tertiary/aromatic N) is 1. The first-order valence-electron chi connectivity index (χ1n) is 6.36. The van der Waals surface area contributed by atoms with Crippen LogP contribution in [0.3, 0.4) is 0 Å². The Morgan fingerprint density at radius 2 is 2.00 bits per heavy atom. The third-order valence-electron chi connectivity index (χ3n) is 3.54. The van der Waals surface area contributed by atoms with Gasteiger partial charge in [0, 0.05) is 19.1 Å². The van der Waals surface area contributed by atoms with E-state index in [9.17, 15) is 0 Å². The SMILES string of the molecule is COc1ccc(CN(C)C2CCNC2)cc1OC.Cl. The average molecular weight is 287 g/mol. The molecule has 2 rings (SSSR count). The second-order valence-corrected chi connectivity index (χ2v) is 4.75. The summed E-state index contributed by atoms with van der Waals surface area (Å²) in [6, 6.07) is 6.76. The summed E-state index contributed by atoms with van der Waals surface area (Å²) in [5.41, 5.74) is 1.25. The summed E-state index contributed by atoms with van der Waals surface area (Å²) in [5.74, 6) is 1.58. The maximum atomic E-state index is 5.33. The van der Waals surface area contributed by atoms with Crippen LogP contribution in [0.2, 0.25) is 0 Å². The van der Waals surface area contributed by atoms with E-state index in [4.69, 9.17) is 9.47 Å². The van der Waals surface area contributed by atoms with Crippen LogP contribution in [0.4, 0.5) is 0 Å². The Balaban J connectivity index is 0.00000180. The van der Waals surface area contributed by atoms with Crippen LogP contribution in [0.15, 0.2) is 18.2 Å². The standard InChI is InChI=1S/C14H22N2O2.ClH/c1-16(12-6-7-15-9-12)10-11-4-5-13(17-2)14(8-11)18-3;/h4-5,8,12,15H,6-7,9-10H2,1-3H3;1H. The first-order chi connectivity index (χ1) is 8.74. The summed E-state index contributed by atoms with van der Waals surface area (Å²) in [6.45, 7) is 3.15. The lowest BCUT2D eigenvalue weighted by atomic mass is 10.1. The van der Waals surface area contributed by atoms with Gasteiger partial charge in [0.1, 0.15) is 0 Å². The number of benzene rings is 1. The quantitative estimate of drug-likeness (QED) is 0.897. The fourth-order valence-corrected chi connectivity index (χ4v) is 2.41. The molecule has 5 heteroatoms. The molecule has 1 unspecified atom stereocenters. The van der Waals surface area contributed by atoms with Gasteiger partial charge in [-0.2, -0.15) is 0 Å². The Labute approximate surface area is 121 Å². The number of nitrogens with one attached hydrogen (secondary N) is 1. The van der Waals surface area contributed by atoms with Gasteiger partial charge in [0.2, 0.25) is 0 Å². The largest absolute Gasteiger partial charge is 0.493 e. The van der Waals surface area contributed by atoms with Crippen LogP contribution in [0.5, 0.6) is 11.5 Å². The number of hydrogen-bond donors (Lipinski definition) is 1. The van der Waals surface area contributed by atoms with Gasteiger partial charge >= 0.3 is 0 Å². The van der Waals surface area contributed by atoms with E-state index in [1.807, 2.05) is 6.07 Å². The number of ether oxygens (including phenoxy) is 2. The highest BCUT2D eigenvalue weighted by Crippen LogP contribution is 2.28. The van der Waals surface area contributed by atoms with Gasteiger partial charge in [-0.15, -0.1) is 12.4 Å². The third kappa shape index (κ3) is 4.00. The molecule has 4 nitrogen and oxygen atoms in total. The topological polar surface area (TPSA) is 33.7 Å². The number of methoxy groups -OCH3 is 2. The predicted molar refractivity (Wildman–Crippen MR) is 79.5 cm³/mol. The minimum Gasteiger partial charge on any atom is -0.493 e. The number of halogens is 1. The van der Waals surface area contributed by atoms with Crippen molar-refractivity contribution in [3.05, 3.63) is 23.8 Å². The van der Waals surface area contributed by atoms with Crippen molar-refractivity contribution >= 4 is 12.4 Å². The Bertz CT molecular complexity index is 395. The van der Waals surface area contributed by atoms with Gasteiger partial charge < -0.3 is 14.8 Å². The molecule has 1 aromatic carbocycles. The highest BCUT2D eigenvalue weighted by molar-refractivity contribution is 5.85. The van der Waals surface area contributed by atoms with E-state index in [1.54, 1.807) is 14.2 Å². The van der Waals surface area contributed by atoms with Crippen LogP contribution in [0, 0.1) is 0 Å². The number of rotatable bonds is 5. The zero-order valence-electron chi connectivity index (χ0n) is 11.8. The van der Waals surface area contributed by atoms with Crippen LogP contribution in [-0.2, 0) is 6.54 Å². The molecule has 1 atom stereocenters. The fraction of sp³-hybridized carbons (Fsp3) is 0.571. The van der Waals surface area contributed by atoms with Crippen LogP contribution in [0.1, 0.15) is 12.0 Å². The molecule has 0 amide bonds. The van der Waals surface area contributed by atoms with E-state index in [0.29, 0.717) is 6.04 Å². The molecular weight excluding hydrogens is 264 g/mol. The summed E-state index contributed by atoms with van der Waals surface area (Å²) >= 11 is 0. The molecule has 0 spiro atoms. The molecule has 0 radical (unpaired) electrons.